The Morgan fingerprint density at radius 2 is 1.50 bits per heavy atom. The summed E-state index contributed by atoms with van der Waals surface area (Å²) in [6, 6.07) is 10.3. The first kappa shape index (κ1) is 13.2. The second-order valence-corrected chi connectivity index (χ2v) is 4.63. The van der Waals surface area contributed by atoms with Crippen LogP contribution in [0.1, 0.15) is 45.6 Å². The third-order valence-corrected chi connectivity index (χ3v) is 4.09. The molecule has 0 spiro atoms. The van der Waals surface area contributed by atoms with Crippen LogP contribution in [0, 0.1) is 5.41 Å². The summed E-state index contributed by atoms with van der Waals surface area (Å²) in [4.78, 5) is 0. The maximum atomic E-state index is 10.4. The zero-order valence-corrected chi connectivity index (χ0v) is 10.7. The Morgan fingerprint density at radius 3 is 1.94 bits per heavy atom. The van der Waals surface area contributed by atoms with Gasteiger partial charge in [0.2, 0.25) is 0 Å². The lowest BCUT2D eigenvalue weighted by molar-refractivity contribution is 0.0146. The number of benzene rings is 1. The van der Waals surface area contributed by atoms with Crippen LogP contribution in [0.4, 0.5) is 0 Å². The molecular formula is C15H24O. The van der Waals surface area contributed by atoms with Crippen LogP contribution in [0.25, 0.3) is 0 Å². The first-order chi connectivity index (χ1) is 7.68. The molecule has 1 rings (SSSR count). The summed E-state index contributed by atoms with van der Waals surface area (Å²) in [5, 5.41) is 10.4. The molecule has 0 aliphatic rings. The van der Waals surface area contributed by atoms with Gasteiger partial charge in [0, 0.05) is 0 Å². The first-order valence-electron chi connectivity index (χ1n) is 6.40. The van der Waals surface area contributed by atoms with E-state index in [1.165, 1.54) is 5.56 Å². The Labute approximate surface area is 99.5 Å². The van der Waals surface area contributed by atoms with Crippen molar-refractivity contribution in [3.8, 4) is 0 Å². The van der Waals surface area contributed by atoms with Crippen LogP contribution in [-0.4, -0.2) is 11.2 Å². The molecule has 0 aliphatic carbocycles. The Balaban J connectivity index is 2.73. The van der Waals surface area contributed by atoms with Crippen LogP contribution in [0.15, 0.2) is 30.3 Å². The minimum absolute atomic E-state index is 0.0931. The predicted molar refractivity (Wildman–Crippen MR) is 69.5 cm³/mol. The molecule has 0 saturated carbocycles. The summed E-state index contributed by atoms with van der Waals surface area (Å²) in [5.74, 6) is 0. The van der Waals surface area contributed by atoms with Crippen molar-refractivity contribution in [2.24, 2.45) is 5.41 Å². The minimum atomic E-state index is -0.227. The van der Waals surface area contributed by atoms with E-state index in [-0.39, 0.29) is 11.5 Å². The van der Waals surface area contributed by atoms with Crippen LogP contribution in [0.3, 0.4) is 0 Å². The third kappa shape index (κ3) is 2.85. The molecule has 1 aromatic carbocycles. The molecule has 0 bridgehead atoms. The lowest BCUT2D eigenvalue weighted by atomic mass is 9.73. The van der Waals surface area contributed by atoms with Gasteiger partial charge in [-0.25, -0.2) is 0 Å². The van der Waals surface area contributed by atoms with Crippen LogP contribution in [0.2, 0.25) is 0 Å². The summed E-state index contributed by atoms with van der Waals surface area (Å²) < 4.78 is 0. The van der Waals surface area contributed by atoms with E-state index in [9.17, 15) is 5.11 Å². The van der Waals surface area contributed by atoms with E-state index in [1.54, 1.807) is 0 Å². The van der Waals surface area contributed by atoms with E-state index in [0.717, 1.165) is 25.7 Å². The van der Waals surface area contributed by atoms with Gasteiger partial charge in [-0.2, -0.15) is 0 Å². The van der Waals surface area contributed by atoms with Crippen molar-refractivity contribution in [3.05, 3.63) is 35.9 Å². The van der Waals surface area contributed by atoms with Gasteiger partial charge < -0.3 is 5.11 Å². The molecule has 1 heteroatoms. The molecule has 1 N–H and O–H groups in total. The standard InChI is InChI=1S/C15H24O/c1-4-15(5-2,6-3)14(16)12-13-10-8-7-9-11-13/h7-11,14,16H,4-6,12H2,1-3H3. The quantitative estimate of drug-likeness (QED) is 0.773. The monoisotopic (exact) mass is 220 g/mol. The molecular weight excluding hydrogens is 196 g/mol. The molecule has 90 valence electrons. The predicted octanol–water partition coefficient (Wildman–Crippen LogP) is 3.81. The summed E-state index contributed by atoms with van der Waals surface area (Å²) in [6.07, 6.45) is 3.70. The molecule has 0 heterocycles. The van der Waals surface area contributed by atoms with Crippen molar-refractivity contribution >= 4 is 0 Å². The van der Waals surface area contributed by atoms with Gasteiger partial charge in [0.1, 0.15) is 0 Å². The Hall–Kier alpha value is -0.820. The minimum Gasteiger partial charge on any atom is -0.392 e. The van der Waals surface area contributed by atoms with Crippen molar-refractivity contribution in [1.82, 2.24) is 0 Å². The van der Waals surface area contributed by atoms with Crippen LogP contribution >= 0.6 is 0 Å². The number of rotatable bonds is 6. The van der Waals surface area contributed by atoms with Gasteiger partial charge in [-0.05, 0) is 36.7 Å². The highest BCUT2D eigenvalue weighted by molar-refractivity contribution is 5.16. The van der Waals surface area contributed by atoms with Crippen LogP contribution in [-0.2, 0) is 6.42 Å². The van der Waals surface area contributed by atoms with Gasteiger partial charge in [0.05, 0.1) is 6.10 Å². The van der Waals surface area contributed by atoms with E-state index in [2.05, 4.69) is 32.9 Å². The molecule has 1 unspecified atom stereocenters. The number of aliphatic hydroxyl groups is 1. The summed E-state index contributed by atoms with van der Waals surface area (Å²) in [7, 11) is 0. The first-order valence-corrected chi connectivity index (χ1v) is 6.40. The van der Waals surface area contributed by atoms with Gasteiger partial charge in [-0.1, -0.05) is 51.1 Å². The van der Waals surface area contributed by atoms with Crippen molar-refractivity contribution in [1.29, 1.82) is 0 Å². The van der Waals surface area contributed by atoms with E-state index in [1.807, 2.05) is 18.2 Å². The maximum Gasteiger partial charge on any atom is 0.0636 e. The molecule has 0 radical (unpaired) electrons. The molecule has 0 fully saturated rings. The summed E-state index contributed by atoms with van der Waals surface area (Å²) in [5.41, 5.74) is 1.32. The number of hydrogen-bond donors (Lipinski definition) is 1. The molecule has 1 atom stereocenters. The zero-order chi connectivity index (χ0) is 12.0. The largest absolute Gasteiger partial charge is 0.392 e. The van der Waals surface area contributed by atoms with Gasteiger partial charge >= 0.3 is 0 Å². The zero-order valence-electron chi connectivity index (χ0n) is 10.7. The van der Waals surface area contributed by atoms with Crippen molar-refractivity contribution in [3.63, 3.8) is 0 Å². The summed E-state index contributed by atoms with van der Waals surface area (Å²) in [6.45, 7) is 6.55. The van der Waals surface area contributed by atoms with Crippen molar-refractivity contribution in [2.75, 3.05) is 0 Å². The fourth-order valence-electron chi connectivity index (χ4n) is 2.51. The smallest absolute Gasteiger partial charge is 0.0636 e. The SMILES string of the molecule is CCC(CC)(CC)C(O)Cc1ccccc1. The molecule has 16 heavy (non-hydrogen) atoms. The van der Waals surface area contributed by atoms with Crippen LogP contribution < -0.4 is 0 Å². The normalized spacial score (nSPS) is 13.8. The third-order valence-electron chi connectivity index (χ3n) is 4.09. The highest BCUT2D eigenvalue weighted by Crippen LogP contribution is 2.35. The Morgan fingerprint density at radius 1 is 1.00 bits per heavy atom. The molecule has 0 aliphatic heterocycles. The molecule has 1 nitrogen and oxygen atoms in total. The van der Waals surface area contributed by atoms with Gasteiger partial charge in [0.15, 0.2) is 0 Å². The van der Waals surface area contributed by atoms with E-state index in [0.29, 0.717) is 0 Å². The van der Waals surface area contributed by atoms with E-state index < -0.39 is 0 Å². The second kappa shape index (κ2) is 6.05. The van der Waals surface area contributed by atoms with Crippen LogP contribution in [0.5, 0.6) is 0 Å². The maximum absolute atomic E-state index is 10.4. The molecule has 0 aromatic heterocycles. The average molecular weight is 220 g/mol. The molecule has 0 saturated heterocycles. The lowest BCUT2D eigenvalue weighted by Crippen LogP contribution is -2.35. The van der Waals surface area contributed by atoms with E-state index in [4.69, 9.17) is 0 Å². The number of aliphatic hydroxyl groups excluding tert-OH is 1. The average Bonchev–Trinajstić information content (AvgIpc) is 2.33. The fourth-order valence-corrected chi connectivity index (χ4v) is 2.51. The van der Waals surface area contributed by atoms with Crippen molar-refractivity contribution in [2.45, 2.75) is 52.6 Å². The van der Waals surface area contributed by atoms with Gasteiger partial charge in [-0.15, -0.1) is 0 Å². The number of hydrogen-bond acceptors (Lipinski definition) is 1. The topological polar surface area (TPSA) is 20.2 Å². The van der Waals surface area contributed by atoms with Gasteiger partial charge in [0.25, 0.3) is 0 Å². The Kier molecular flexibility index (Phi) is 5.01. The second-order valence-electron chi connectivity index (χ2n) is 4.63. The Bertz CT molecular complexity index is 279. The highest BCUT2D eigenvalue weighted by Gasteiger charge is 2.32. The molecule has 1 aromatic rings. The fraction of sp³-hybridized carbons (Fsp3) is 0.600. The van der Waals surface area contributed by atoms with Gasteiger partial charge in [-0.3, -0.25) is 0 Å². The highest BCUT2D eigenvalue weighted by atomic mass is 16.3. The molecule has 0 amide bonds. The summed E-state index contributed by atoms with van der Waals surface area (Å²) >= 11 is 0. The lowest BCUT2D eigenvalue weighted by Gasteiger charge is -2.35. The van der Waals surface area contributed by atoms with E-state index >= 15 is 0 Å². The van der Waals surface area contributed by atoms with Crippen molar-refractivity contribution < 1.29 is 5.11 Å².